The lowest BCUT2D eigenvalue weighted by Crippen LogP contribution is -1.94. The zero-order chi connectivity index (χ0) is 14.4. The maximum Gasteiger partial charge on any atom is 0.191 e. The van der Waals surface area contributed by atoms with Gasteiger partial charge in [-0.1, -0.05) is 23.6 Å². The van der Waals surface area contributed by atoms with E-state index < -0.39 is 0 Å². The number of aliphatic hydroxyl groups is 1. The Balaban J connectivity index is 2.18. The molecule has 1 aromatic heterocycles. The van der Waals surface area contributed by atoms with Crippen molar-refractivity contribution in [1.29, 1.82) is 0 Å². The van der Waals surface area contributed by atoms with Crippen molar-refractivity contribution in [2.24, 2.45) is 7.05 Å². The van der Waals surface area contributed by atoms with Crippen LogP contribution in [0.4, 0.5) is 0 Å². The number of methoxy groups -OCH3 is 1. The largest absolute Gasteiger partial charge is 0.496 e. The highest BCUT2D eigenvalue weighted by atomic mass is 32.2. The lowest BCUT2D eigenvalue weighted by molar-refractivity contribution is 0.350. The molecule has 1 aromatic carbocycles. The van der Waals surface area contributed by atoms with E-state index in [1.165, 1.54) is 0 Å². The predicted octanol–water partition coefficient (Wildman–Crippen LogP) is 1.46. The maximum atomic E-state index is 8.74. The summed E-state index contributed by atoms with van der Waals surface area (Å²) >= 11 is 1.58. The SMILES string of the molecule is COc1ccc(C#CCO)cc1CSc1nncn1C. The summed E-state index contributed by atoms with van der Waals surface area (Å²) in [6.45, 7) is -0.144. The first-order valence-electron chi connectivity index (χ1n) is 5.98. The molecule has 0 aliphatic rings. The van der Waals surface area contributed by atoms with Gasteiger partial charge in [0, 0.05) is 23.9 Å². The van der Waals surface area contributed by atoms with E-state index >= 15 is 0 Å². The Kier molecular flexibility index (Phi) is 5.04. The van der Waals surface area contributed by atoms with Gasteiger partial charge in [-0.25, -0.2) is 0 Å². The number of benzene rings is 1. The number of rotatable bonds is 4. The predicted molar refractivity (Wildman–Crippen MR) is 77.5 cm³/mol. The van der Waals surface area contributed by atoms with Gasteiger partial charge in [0.1, 0.15) is 18.7 Å². The standard InChI is InChI=1S/C14H15N3O2S/c1-17-10-15-16-14(17)20-9-12-8-11(4-3-7-18)5-6-13(12)19-2/h5-6,8,10,18H,7,9H2,1-2H3. The van der Waals surface area contributed by atoms with E-state index in [9.17, 15) is 0 Å². The van der Waals surface area contributed by atoms with Crippen LogP contribution in [0.1, 0.15) is 11.1 Å². The molecule has 1 N–H and O–H groups in total. The quantitative estimate of drug-likeness (QED) is 0.682. The van der Waals surface area contributed by atoms with Crippen LogP contribution in [0, 0.1) is 11.8 Å². The van der Waals surface area contributed by atoms with Gasteiger partial charge < -0.3 is 14.4 Å². The van der Waals surface area contributed by atoms with E-state index in [4.69, 9.17) is 9.84 Å². The van der Waals surface area contributed by atoms with Crippen molar-refractivity contribution < 1.29 is 9.84 Å². The Morgan fingerprint density at radius 2 is 2.30 bits per heavy atom. The average Bonchev–Trinajstić information content (AvgIpc) is 2.88. The molecule has 104 valence electrons. The van der Waals surface area contributed by atoms with E-state index in [-0.39, 0.29) is 6.61 Å². The van der Waals surface area contributed by atoms with Gasteiger partial charge in [0.05, 0.1) is 7.11 Å². The number of hydrogen-bond donors (Lipinski definition) is 1. The van der Waals surface area contributed by atoms with Gasteiger partial charge in [-0.3, -0.25) is 0 Å². The summed E-state index contributed by atoms with van der Waals surface area (Å²) in [5.74, 6) is 7.06. The van der Waals surface area contributed by atoms with Gasteiger partial charge in [-0.15, -0.1) is 10.2 Å². The highest BCUT2D eigenvalue weighted by Gasteiger charge is 2.07. The Hall–Kier alpha value is -1.97. The third kappa shape index (κ3) is 3.53. The highest BCUT2D eigenvalue weighted by molar-refractivity contribution is 7.98. The number of aryl methyl sites for hydroxylation is 1. The Morgan fingerprint density at radius 1 is 1.45 bits per heavy atom. The van der Waals surface area contributed by atoms with Crippen LogP contribution in [0.3, 0.4) is 0 Å². The topological polar surface area (TPSA) is 60.2 Å². The van der Waals surface area contributed by atoms with Crippen LogP contribution >= 0.6 is 11.8 Å². The summed E-state index contributed by atoms with van der Waals surface area (Å²) in [6.07, 6.45) is 1.67. The zero-order valence-corrected chi connectivity index (χ0v) is 12.1. The second-order valence-electron chi connectivity index (χ2n) is 4.00. The third-order valence-corrected chi connectivity index (χ3v) is 3.70. The van der Waals surface area contributed by atoms with Crippen molar-refractivity contribution in [3.63, 3.8) is 0 Å². The lowest BCUT2D eigenvalue weighted by atomic mass is 10.1. The number of nitrogens with zero attached hydrogens (tertiary/aromatic N) is 3. The summed E-state index contributed by atoms with van der Waals surface area (Å²) in [4.78, 5) is 0. The summed E-state index contributed by atoms with van der Waals surface area (Å²) < 4.78 is 7.22. The fourth-order valence-electron chi connectivity index (χ4n) is 1.66. The molecule has 0 aliphatic heterocycles. The van der Waals surface area contributed by atoms with Gasteiger partial charge in [0.25, 0.3) is 0 Å². The molecule has 0 unspecified atom stereocenters. The molecule has 0 spiro atoms. The zero-order valence-electron chi connectivity index (χ0n) is 11.3. The first-order chi connectivity index (χ1) is 9.74. The second kappa shape index (κ2) is 6.98. The Bertz CT molecular complexity index is 643. The molecule has 0 bridgehead atoms. The fourth-order valence-corrected chi connectivity index (χ4v) is 2.52. The number of aliphatic hydroxyl groups excluding tert-OH is 1. The number of thioether (sulfide) groups is 1. The van der Waals surface area contributed by atoms with Gasteiger partial charge in [-0.2, -0.15) is 0 Å². The van der Waals surface area contributed by atoms with Gasteiger partial charge >= 0.3 is 0 Å². The fraction of sp³-hybridized carbons (Fsp3) is 0.286. The molecule has 6 heteroatoms. The van der Waals surface area contributed by atoms with Crippen molar-refractivity contribution in [1.82, 2.24) is 14.8 Å². The van der Waals surface area contributed by atoms with E-state index in [1.54, 1.807) is 25.2 Å². The van der Waals surface area contributed by atoms with E-state index in [0.717, 1.165) is 22.0 Å². The molecule has 5 nitrogen and oxygen atoms in total. The molecule has 0 atom stereocenters. The average molecular weight is 289 g/mol. The van der Waals surface area contributed by atoms with Crippen LogP contribution in [-0.4, -0.2) is 33.6 Å². The van der Waals surface area contributed by atoms with Crippen LogP contribution in [0.25, 0.3) is 0 Å². The van der Waals surface area contributed by atoms with Crippen molar-refractivity contribution in [2.75, 3.05) is 13.7 Å². The summed E-state index contributed by atoms with van der Waals surface area (Å²) in [7, 11) is 3.55. The van der Waals surface area contributed by atoms with Crippen molar-refractivity contribution in [3.05, 3.63) is 35.7 Å². The van der Waals surface area contributed by atoms with Crippen LogP contribution in [0.15, 0.2) is 29.7 Å². The molecule has 0 saturated carbocycles. The minimum atomic E-state index is -0.144. The van der Waals surface area contributed by atoms with Crippen molar-refractivity contribution in [3.8, 4) is 17.6 Å². The van der Waals surface area contributed by atoms with Crippen LogP contribution in [-0.2, 0) is 12.8 Å². The first-order valence-corrected chi connectivity index (χ1v) is 6.96. The molecule has 2 rings (SSSR count). The smallest absolute Gasteiger partial charge is 0.191 e. The highest BCUT2D eigenvalue weighted by Crippen LogP contribution is 2.27. The summed E-state index contributed by atoms with van der Waals surface area (Å²) in [5.41, 5.74) is 1.89. The minimum Gasteiger partial charge on any atom is -0.496 e. The van der Waals surface area contributed by atoms with Crippen LogP contribution in [0.2, 0.25) is 0 Å². The van der Waals surface area contributed by atoms with E-state index in [2.05, 4.69) is 22.0 Å². The normalized spacial score (nSPS) is 9.95. The molecule has 0 radical (unpaired) electrons. The maximum absolute atomic E-state index is 8.74. The summed E-state index contributed by atoms with van der Waals surface area (Å²) in [5, 5.41) is 17.5. The Labute approximate surface area is 122 Å². The van der Waals surface area contributed by atoms with Gasteiger partial charge in [0.15, 0.2) is 5.16 Å². The molecule has 0 saturated heterocycles. The van der Waals surface area contributed by atoms with Crippen molar-refractivity contribution >= 4 is 11.8 Å². The molecule has 20 heavy (non-hydrogen) atoms. The lowest BCUT2D eigenvalue weighted by Gasteiger charge is -2.08. The van der Waals surface area contributed by atoms with E-state index in [0.29, 0.717) is 5.75 Å². The molecular formula is C14H15N3O2S. The summed E-state index contributed by atoms with van der Waals surface area (Å²) in [6, 6.07) is 5.72. The monoisotopic (exact) mass is 289 g/mol. The Morgan fingerprint density at radius 3 is 2.95 bits per heavy atom. The minimum absolute atomic E-state index is 0.144. The van der Waals surface area contributed by atoms with Gasteiger partial charge in [0.2, 0.25) is 0 Å². The second-order valence-corrected chi connectivity index (χ2v) is 4.94. The number of hydrogen-bond acceptors (Lipinski definition) is 5. The van der Waals surface area contributed by atoms with E-state index in [1.807, 2.05) is 29.8 Å². The molecule has 1 heterocycles. The number of aromatic nitrogens is 3. The molecule has 2 aromatic rings. The molecule has 0 aliphatic carbocycles. The van der Waals surface area contributed by atoms with Crippen LogP contribution in [0.5, 0.6) is 5.75 Å². The molecule has 0 amide bonds. The third-order valence-electron chi connectivity index (χ3n) is 2.62. The van der Waals surface area contributed by atoms with Crippen molar-refractivity contribution in [2.45, 2.75) is 10.9 Å². The molecular weight excluding hydrogens is 274 g/mol. The van der Waals surface area contributed by atoms with Crippen LogP contribution < -0.4 is 4.74 Å². The first kappa shape index (κ1) is 14.4. The molecule has 0 fully saturated rings. The van der Waals surface area contributed by atoms with Gasteiger partial charge in [-0.05, 0) is 18.2 Å². The number of ether oxygens (including phenoxy) is 1.